The summed E-state index contributed by atoms with van der Waals surface area (Å²) in [7, 11) is -1.03. The van der Waals surface area contributed by atoms with Crippen LogP contribution >= 0.6 is 0 Å². The smallest absolute Gasteiger partial charge is 0.140 e. The van der Waals surface area contributed by atoms with E-state index in [0.717, 1.165) is 34.5 Å². The molecule has 4 nitrogen and oxygen atoms in total. The van der Waals surface area contributed by atoms with Crippen molar-refractivity contribution in [3.63, 3.8) is 0 Å². The number of fused-ring (bicyclic) bond motifs is 1. The van der Waals surface area contributed by atoms with E-state index in [4.69, 9.17) is 10.5 Å². The second-order valence-electron chi connectivity index (χ2n) is 6.67. The van der Waals surface area contributed by atoms with Gasteiger partial charge in [0.2, 0.25) is 0 Å². The van der Waals surface area contributed by atoms with Crippen molar-refractivity contribution in [3.8, 4) is 0 Å². The minimum atomic E-state index is -1.03. The van der Waals surface area contributed by atoms with Crippen LogP contribution < -0.4 is 5.73 Å². The minimum absolute atomic E-state index is 0.513. The van der Waals surface area contributed by atoms with Crippen molar-refractivity contribution < 1.29 is 4.74 Å². The van der Waals surface area contributed by atoms with Crippen molar-refractivity contribution in [1.82, 2.24) is 9.78 Å². The van der Waals surface area contributed by atoms with Crippen molar-refractivity contribution >= 4 is 24.7 Å². The fourth-order valence-corrected chi connectivity index (χ4v) is 3.09. The molecule has 2 N–H and O–H groups in total. The molecule has 110 valence electrons. The molecule has 0 aliphatic heterocycles. The average Bonchev–Trinajstić information content (AvgIpc) is 2.61. The Morgan fingerprint density at radius 1 is 1.25 bits per heavy atom. The van der Waals surface area contributed by atoms with Gasteiger partial charge in [0, 0.05) is 25.8 Å². The maximum Gasteiger partial charge on any atom is 0.140 e. The molecule has 0 atom stereocenters. The molecular formula is C15H25N3OSi. The molecule has 0 saturated heterocycles. The summed E-state index contributed by atoms with van der Waals surface area (Å²) in [5, 5.41) is 5.69. The van der Waals surface area contributed by atoms with Gasteiger partial charge >= 0.3 is 0 Å². The highest BCUT2D eigenvalue weighted by molar-refractivity contribution is 6.76. The van der Waals surface area contributed by atoms with E-state index < -0.39 is 8.07 Å². The van der Waals surface area contributed by atoms with Gasteiger partial charge in [-0.3, -0.25) is 0 Å². The number of rotatable bonds is 5. The van der Waals surface area contributed by atoms with Gasteiger partial charge in [-0.2, -0.15) is 5.10 Å². The predicted octanol–water partition coefficient (Wildman–Crippen LogP) is 3.55. The standard InChI is InChI=1S/C15H25N3OSi/c1-11-8-13(16)9-14-12(2)17-18(15(11)14)10-19-6-7-20(3,4)5/h8-9H,6-7,10,16H2,1-5H3. The van der Waals surface area contributed by atoms with Crippen LogP contribution in [0.15, 0.2) is 12.1 Å². The van der Waals surface area contributed by atoms with Gasteiger partial charge in [0.1, 0.15) is 6.73 Å². The van der Waals surface area contributed by atoms with Crippen molar-refractivity contribution in [2.75, 3.05) is 12.3 Å². The molecule has 2 rings (SSSR count). The Morgan fingerprint density at radius 2 is 1.95 bits per heavy atom. The summed E-state index contributed by atoms with van der Waals surface area (Å²) >= 11 is 0. The number of benzene rings is 1. The van der Waals surface area contributed by atoms with Crippen molar-refractivity contribution in [3.05, 3.63) is 23.4 Å². The first-order valence-electron chi connectivity index (χ1n) is 7.09. The molecule has 0 bridgehead atoms. The highest BCUT2D eigenvalue weighted by Gasteiger charge is 2.13. The monoisotopic (exact) mass is 291 g/mol. The Morgan fingerprint density at radius 3 is 2.60 bits per heavy atom. The normalized spacial score (nSPS) is 12.2. The van der Waals surface area contributed by atoms with E-state index in [1.807, 2.05) is 23.7 Å². The third-order valence-electron chi connectivity index (χ3n) is 3.45. The first-order valence-corrected chi connectivity index (χ1v) is 10.8. The SMILES string of the molecule is Cc1nn(COCC[Si](C)(C)C)c2c(C)cc(N)cc12. The molecule has 0 spiro atoms. The molecule has 0 aliphatic carbocycles. The highest BCUT2D eigenvalue weighted by Crippen LogP contribution is 2.25. The Kier molecular flexibility index (Phi) is 4.20. The van der Waals surface area contributed by atoms with E-state index in [9.17, 15) is 0 Å². The van der Waals surface area contributed by atoms with Gasteiger partial charge in [0.15, 0.2) is 0 Å². The summed E-state index contributed by atoms with van der Waals surface area (Å²) in [6.07, 6.45) is 0. The highest BCUT2D eigenvalue weighted by atomic mass is 28.3. The molecule has 1 heterocycles. The number of anilines is 1. The maximum absolute atomic E-state index is 5.91. The molecule has 1 aromatic heterocycles. The first-order chi connectivity index (χ1) is 9.28. The van der Waals surface area contributed by atoms with E-state index in [0.29, 0.717) is 6.73 Å². The predicted molar refractivity (Wildman–Crippen MR) is 87.7 cm³/mol. The van der Waals surface area contributed by atoms with Crippen LogP contribution in [0, 0.1) is 13.8 Å². The van der Waals surface area contributed by atoms with Crippen LogP contribution in [0.5, 0.6) is 0 Å². The van der Waals surface area contributed by atoms with Gasteiger partial charge < -0.3 is 10.5 Å². The quantitative estimate of drug-likeness (QED) is 0.521. The second kappa shape index (κ2) is 5.58. The molecule has 0 amide bonds. The molecular weight excluding hydrogens is 266 g/mol. The van der Waals surface area contributed by atoms with E-state index in [1.54, 1.807) is 0 Å². The fourth-order valence-electron chi connectivity index (χ4n) is 2.33. The fraction of sp³-hybridized carbons (Fsp3) is 0.533. The van der Waals surface area contributed by atoms with Gasteiger partial charge in [0.25, 0.3) is 0 Å². The number of nitrogens with zero attached hydrogens (tertiary/aromatic N) is 2. The molecule has 20 heavy (non-hydrogen) atoms. The number of nitrogens with two attached hydrogens (primary N) is 1. The topological polar surface area (TPSA) is 53.1 Å². The largest absolute Gasteiger partial charge is 0.399 e. The molecule has 0 fully saturated rings. The summed E-state index contributed by atoms with van der Waals surface area (Å²) in [5.41, 5.74) is 9.98. The van der Waals surface area contributed by atoms with E-state index in [2.05, 4.69) is 31.7 Å². The second-order valence-corrected chi connectivity index (χ2v) is 12.3. The number of aromatic nitrogens is 2. The number of hydrogen-bond donors (Lipinski definition) is 1. The van der Waals surface area contributed by atoms with Crippen LogP contribution in [0.25, 0.3) is 10.9 Å². The Labute approximate surface area is 121 Å². The molecule has 1 aromatic carbocycles. The van der Waals surface area contributed by atoms with Gasteiger partial charge in [-0.15, -0.1) is 0 Å². The summed E-state index contributed by atoms with van der Waals surface area (Å²) in [6.45, 7) is 12.5. The zero-order chi connectivity index (χ0) is 14.9. The summed E-state index contributed by atoms with van der Waals surface area (Å²) in [5.74, 6) is 0. The molecule has 0 aliphatic rings. The Hall–Kier alpha value is -1.33. The lowest BCUT2D eigenvalue weighted by Gasteiger charge is -2.15. The van der Waals surface area contributed by atoms with E-state index in [-0.39, 0.29) is 0 Å². The van der Waals surface area contributed by atoms with Crippen LogP contribution in [-0.4, -0.2) is 24.5 Å². The lowest BCUT2D eigenvalue weighted by molar-refractivity contribution is 0.0814. The van der Waals surface area contributed by atoms with Crippen molar-refractivity contribution in [1.29, 1.82) is 0 Å². The number of nitrogen functional groups attached to an aromatic ring is 1. The minimum Gasteiger partial charge on any atom is -0.399 e. The third kappa shape index (κ3) is 3.40. The number of ether oxygens (including phenoxy) is 1. The molecule has 0 saturated carbocycles. The van der Waals surface area contributed by atoms with Gasteiger partial charge in [-0.05, 0) is 37.6 Å². The van der Waals surface area contributed by atoms with Crippen LogP contribution in [0.3, 0.4) is 0 Å². The van der Waals surface area contributed by atoms with Crippen LogP contribution in [0.2, 0.25) is 25.7 Å². The lowest BCUT2D eigenvalue weighted by atomic mass is 10.1. The first kappa shape index (κ1) is 15.1. The molecule has 2 aromatic rings. The van der Waals surface area contributed by atoms with E-state index in [1.165, 1.54) is 6.04 Å². The average molecular weight is 291 g/mol. The zero-order valence-corrected chi connectivity index (χ0v) is 14.2. The third-order valence-corrected chi connectivity index (χ3v) is 5.16. The van der Waals surface area contributed by atoms with Gasteiger partial charge in [-0.1, -0.05) is 19.6 Å². The Balaban J connectivity index is 2.15. The van der Waals surface area contributed by atoms with Crippen molar-refractivity contribution in [2.45, 2.75) is 46.3 Å². The Bertz CT molecular complexity index is 614. The van der Waals surface area contributed by atoms with E-state index >= 15 is 0 Å². The summed E-state index contributed by atoms with van der Waals surface area (Å²) in [4.78, 5) is 0. The number of aryl methyl sites for hydroxylation is 2. The number of hydrogen-bond acceptors (Lipinski definition) is 3. The van der Waals surface area contributed by atoms with Gasteiger partial charge in [0.05, 0.1) is 11.2 Å². The van der Waals surface area contributed by atoms with Crippen LogP contribution in [0.4, 0.5) is 5.69 Å². The van der Waals surface area contributed by atoms with Crippen LogP contribution in [0.1, 0.15) is 11.3 Å². The summed E-state index contributed by atoms with van der Waals surface area (Å²) in [6, 6.07) is 5.16. The zero-order valence-electron chi connectivity index (χ0n) is 13.2. The maximum atomic E-state index is 5.91. The van der Waals surface area contributed by atoms with Gasteiger partial charge in [-0.25, -0.2) is 4.68 Å². The van der Waals surface area contributed by atoms with Crippen LogP contribution in [-0.2, 0) is 11.5 Å². The molecule has 0 radical (unpaired) electrons. The lowest BCUT2D eigenvalue weighted by Crippen LogP contribution is -2.22. The molecule has 0 unspecified atom stereocenters. The molecule has 5 heteroatoms. The summed E-state index contributed by atoms with van der Waals surface area (Å²) < 4.78 is 7.75. The van der Waals surface area contributed by atoms with Crippen molar-refractivity contribution in [2.24, 2.45) is 0 Å².